The number of likely N-dealkylation sites (N-methyl/N-ethyl adjacent to an activating group) is 1. The number of nitrogens with zero attached hydrogens (tertiary/aromatic N) is 2. The molecule has 1 aliphatic rings. The molecule has 0 aliphatic carbocycles. The van der Waals surface area contributed by atoms with Crippen molar-refractivity contribution < 1.29 is 9.66 Å². The minimum Gasteiger partial charge on any atom is -0.484 e. The van der Waals surface area contributed by atoms with Crippen LogP contribution >= 0.6 is 0 Å². The van der Waals surface area contributed by atoms with Crippen LogP contribution in [0, 0.1) is 17.0 Å². The molecule has 0 spiro atoms. The van der Waals surface area contributed by atoms with Gasteiger partial charge in [0.25, 0.3) is 0 Å². The van der Waals surface area contributed by atoms with Crippen LogP contribution in [-0.2, 0) is 0 Å². The summed E-state index contributed by atoms with van der Waals surface area (Å²) in [6, 6.07) is 4.25. The first kappa shape index (κ1) is 17.5. The number of ether oxygens (including phenoxy) is 1. The molecule has 126 valence electrons. The number of hydrogen-bond donors (Lipinski definition) is 0. The number of rotatable bonds is 4. The first-order valence-corrected chi connectivity index (χ1v) is 8.09. The average molecular weight is 318 g/mol. The van der Waals surface area contributed by atoms with Crippen molar-refractivity contribution >= 4 is 11.3 Å². The van der Waals surface area contributed by atoms with Crippen LogP contribution in [0.5, 0.6) is 5.75 Å². The molecule has 0 N–H and O–H groups in total. The summed E-state index contributed by atoms with van der Waals surface area (Å²) >= 11 is 0. The maximum absolute atomic E-state index is 11.3. The summed E-state index contributed by atoms with van der Waals surface area (Å²) in [5, 5.41) is 11.3. The van der Waals surface area contributed by atoms with Gasteiger partial charge >= 0.3 is 5.69 Å². The molecule has 1 heterocycles. The van der Waals surface area contributed by atoms with E-state index in [4.69, 9.17) is 4.74 Å². The van der Waals surface area contributed by atoms with E-state index >= 15 is 0 Å². The molecule has 0 fully saturated rings. The van der Waals surface area contributed by atoms with Crippen molar-refractivity contribution in [1.29, 1.82) is 0 Å². The Bertz CT molecular complexity index is 637. The Labute approximate surface area is 138 Å². The van der Waals surface area contributed by atoms with E-state index in [1.807, 2.05) is 26.8 Å². The molecule has 2 rings (SSSR count). The number of benzene rings is 1. The van der Waals surface area contributed by atoms with E-state index in [1.165, 1.54) is 5.57 Å². The first-order valence-electron chi connectivity index (χ1n) is 8.09. The van der Waals surface area contributed by atoms with E-state index in [-0.39, 0.29) is 16.7 Å². The lowest BCUT2D eigenvalue weighted by Gasteiger charge is -2.35. The molecule has 1 aromatic carbocycles. The molecule has 0 saturated heterocycles. The average Bonchev–Trinajstić information content (AvgIpc) is 2.45. The van der Waals surface area contributed by atoms with Gasteiger partial charge in [-0.1, -0.05) is 6.08 Å². The van der Waals surface area contributed by atoms with Gasteiger partial charge in [-0.05, 0) is 70.9 Å². The summed E-state index contributed by atoms with van der Waals surface area (Å²) in [4.78, 5) is 13.3. The SMILES string of the molecule is Cc1cc([N+](=O)[O-])c(OC(C)C)cc1C1=C[C@@H](C)N(C)[C@@H](C)C1. The van der Waals surface area contributed by atoms with E-state index in [0.717, 1.165) is 17.5 Å². The van der Waals surface area contributed by atoms with Crippen molar-refractivity contribution in [2.24, 2.45) is 0 Å². The van der Waals surface area contributed by atoms with Crippen molar-refractivity contribution in [3.63, 3.8) is 0 Å². The summed E-state index contributed by atoms with van der Waals surface area (Å²) in [5.41, 5.74) is 3.25. The van der Waals surface area contributed by atoms with E-state index in [2.05, 4.69) is 31.9 Å². The van der Waals surface area contributed by atoms with Crippen LogP contribution in [-0.4, -0.2) is 35.1 Å². The third-order valence-corrected chi connectivity index (χ3v) is 4.51. The number of hydrogen-bond acceptors (Lipinski definition) is 4. The fraction of sp³-hybridized carbons (Fsp3) is 0.556. The monoisotopic (exact) mass is 318 g/mol. The fourth-order valence-electron chi connectivity index (χ4n) is 3.05. The third-order valence-electron chi connectivity index (χ3n) is 4.51. The zero-order valence-corrected chi connectivity index (χ0v) is 14.8. The highest BCUT2D eigenvalue weighted by Crippen LogP contribution is 2.37. The summed E-state index contributed by atoms with van der Waals surface area (Å²) in [7, 11) is 2.12. The van der Waals surface area contributed by atoms with Crippen LogP contribution in [0.25, 0.3) is 5.57 Å². The van der Waals surface area contributed by atoms with Gasteiger partial charge < -0.3 is 4.74 Å². The van der Waals surface area contributed by atoms with Gasteiger partial charge in [0.2, 0.25) is 0 Å². The molecule has 5 nitrogen and oxygen atoms in total. The number of nitro groups is 1. The first-order chi connectivity index (χ1) is 10.7. The van der Waals surface area contributed by atoms with Crippen LogP contribution < -0.4 is 4.74 Å². The summed E-state index contributed by atoms with van der Waals surface area (Å²) < 4.78 is 5.69. The maximum Gasteiger partial charge on any atom is 0.311 e. The Kier molecular flexibility index (Phi) is 5.09. The molecule has 0 bridgehead atoms. The lowest BCUT2D eigenvalue weighted by Crippen LogP contribution is -2.39. The maximum atomic E-state index is 11.3. The quantitative estimate of drug-likeness (QED) is 0.617. The molecular formula is C18H26N2O3. The Balaban J connectivity index is 2.51. The van der Waals surface area contributed by atoms with Crippen LogP contribution in [0.4, 0.5) is 5.69 Å². The Hall–Kier alpha value is -1.88. The van der Waals surface area contributed by atoms with Crippen LogP contribution in [0.1, 0.15) is 45.2 Å². The van der Waals surface area contributed by atoms with Crippen LogP contribution in [0.15, 0.2) is 18.2 Å². The molecule has 0 amide bonds. The summed E-state index contributed by atoms with van der Waals surface area (Å²) in [6.07, 6.45) is 3.07. The molecule has 2 atom stereocenters. The van der Waals surface area contributed by atoms with Gasteiger partial charge in [0.1, 0.15) is 0 Å². The fourth-order valence-corrected chi connectivity index (χ4v) is 3.05. The Morgan fingerprint density at radius 1 is 1.35 bits per heavy atom. The molecule has 1 aromatic rings. The van der Waals surface area contributed by atoms with Gasteiger partial charge in [0.15, 0.2) is 5.75 Å². The van der Waals surface area contributed by atoms with E-state index in [1.54, 1.807) is 6.07 Å². The molecule has 0 saturated carbocycles. The molecule has 5 heteroatoms. The number of nitro benzene ring substituents is 1. The predicted octanol–water partition coefficient (Wildman–Crippen LogP) is 4.19. The standard InChI is InChI=1S/C18H26N2O3/c1-11(2)23-18-10-16(12(3)7-17(18)20(21)22)15-8-13(4)19(6)14(5)9-15/h7-8,10-11,13-14H,9H2,1-6H3/t13-,14+/m1/s1. The highest BCUT2D eigenvalue weighted by molar-refractivity contribution is 5.73. The Morgan fingerprint density at radius 3 is 2.52 bits per heavy atom. The highest BCUT2D eigenvalue weighted by Gasteiger charge is 2.25. The van der Waals surface area contributed by atoms with Gasteiger partial charge in [-0.3, -0.25) is 15.0 Å². The topological polar surface area (TPSA) is 55.6 Å². The van der Waals surface area contributed by atoms with Crippen LogP contribution in [0.3, 0.4) is 0 Å². The minimum atomic E-state index is -0.372. The van der Waals surface area contributed by atoms with Crippen molar-refractivity contribution in [2.45, 2.75) is 59.2 Å². The molecule has 1 aliphatic heterocycles. The normalized spacial score (nSPS) is 22.1. The second-order valence-electron chi connectivity index (χ2n) is 6.71. The predicted molar refractivity (Wildman–Crippen MR) is 92.9 cm³/mol. The van der Waals surface area contributed by atoms with Crippen LogP contribution in [0.2, 0.25) is 0 Å². The molecular weight excluding hydrogens is 292 g/mol. The van der Waals surface area contributed by atoms with Gasteiger partial charge in [0.05, 0.1) is 11.0 Å². The highest BCUT2D eigenvalue weighted by atomic mass is 16.6. The third kappa shape index (κ3) is 3.72. The second-order valence-corrected chi connectivity index (χ2v) is 6.71. The lowest BCUT2D eigenvalue weighted by molar-refractivity contribution is -0.386. The van der Waals surface area contributed by atoms with Crippen molar-refractivity contribution in [1.82, 2.24) is 4.90 Å². The number of aryl methyl sites for hydroxylation is 1. The minimum absolute atomic E-state index is 0.0366. The second kappa shape index (κ2) is 6.71. The zero-order valence-electron chi connectivity index (χ0n) is 14.8. The smallest absolute Gasteiger partial charge is 0.311 e. The van der Waals surface area contributed by atoms with E-state index < -0.39 is 0 Å². The van der Waals surface area contributed by atoms with Crippen molar-refractivity contribution in [3.05, 3.63) is 39.4 Å². The zero-order chi connectivity index (χ0) is 17.3. The molecule has 0 unspecified atom stereocenters. The molecule has 0 radical (unpaired) electrons. The molecule has 0 aromatic heterocycles. The molecule has 23 heavy (non-hydrogen) atoms. The van der Waals surface area contributed by atoms with Crippen molar-refractivity contribution in [2.75, 3.05) is 7.05 Å². The van der Waals surface area contributed by atoms with Crippen molar-refractivity contribution in [3.8, 4) is 5.75 Å². The van der Waals surface area contributed by atoms with E-state index in [9.17, 15) is 10.1 Å². The van der Waals surface area contributed by atoms with Gasteiger partial charge in [-0.15, -0.1) is 0 Å². The Morgan fingerprint density at radius 2 is 2.00 bits per heavy atom. The lowest BCUT2D eigenvalue weighted by atomic mass is 9.89. The largest absolute Gasteiger partial charge is 0.484 e. The van der Waals surface area contributed by atoms with Gasteiger partial charge in [0, 0.05) is 18.2 Å². The van der Waals surface area contributed by atoms with E-state index in [0.29, 0.717) is 17.8 Å². The summed E-state index contributed by atoms with van der Waals surface area (Å²) in [5.74, 6) is 0.353. The van der Waals surface area contributed by atoms with Gasteiger partial charge in [-0.25, -0.2) is 0 Å². The van der Waals surface area contributed by atoms with Gasteiger partial charge in [-0.2, -0.15) is 0 Å². The summed E-state index contributed by atoms with van der Waals surface area (Å²) in [6.45, 7) is 10.1.